The van der Waals surface area contributed by atoms with Gasteiger partial charge in [0.05, 0.1) is 35.2 Å². The Bertz CT molecular complexity index is 2060. The van der Waals surface area contributed by atoms with Crippen molar-refractivity contribution in [2.75, 3.05) is 18.9 Å². The molecule has 1 aliphatic heterocycles. The molecule has 0 amide bonds. The van der Waals surface area contributed by atoms with Gasteiger partial charge >= 0.3 is 0 Å². The van der Waals surface area contributed by atoms with E-state index >= 15 is 0 Å². The van der Waals surface area contributed by atoms with Crippen LogP contribution < -0.4 is 5.32 Å². The molecule has 2 aromatic carbocycles. The minimum atomic E-state index is 0.191. The molecule has 1 aliphatic carbocycles. The number of benzene rings is 2. The lowest BCUT2D eigenvalue weighted by molar-refractivity contribution is 0.847. The van der Waals surface area contributed by atoms with Gasteiger partial charge in [-0.05, 0) is 77.9 Å². The fraction of sp³-hybridized carbons (Fsp3) is 0.154. The Hall–Kier alpha value is -5.29. The first-order chi connectivity index (χ1) is 21.7. The molecule has 0 saturated heterocycles. The van der Waals surface area contributed by atoms with Crippen LogP contribution in [-0.2, 0) is 6.42 Å². The summed E-state index contributed by atoms with van der Waals surface area (Å²) >= 11 is 0. The second-order valence-corrected chi connectivity index (χ2v) is 11.3. The Morgan fingerprint density at radius 3 is 2.61 bits per heavy atom. The van der Waals surface area contributed by atoms with Crippen molar-refractivity contribution in [2.45, 2.75) is 25.7 Å². The molecule has 1 unspecified atom stereocenters. The number of nitrogens with one attached hydrogen (secondary N) is 1. The predicted octanol–water partition coefficient (Wildman–Crippen LogP) is 8.77. The normalized spacial score (nSPS) is 15.5. The van der Waals surface area contributed by atoms with Crippen LogP contribution in [-0.4, -0.2) is 33.7 Å². The number of rotatable bonds is 5. The number of hydrogen-bond donors (Lipinski definition) is 1. The molecule has 0 bridgehead atoms. The van der Waals surface area contributed by atoms with Gasteiger partial charge in [-0.2, -0.15) is 0 Å². The predicted molar refractivity (Wildman–Crippen MR) is 185 cm³/mol. The number of pyridine rings is 1. The standard InChI is InChI=1S/C39H35N5/c1-4-27-17-19-32-31(21-23-42-39(32)38(27)40-3)30-18-20-34(43-24-30)28-13-15-29(16-14-28)37-33-11-7-8-12-35(33)44-26(2)10-6-5-9-22-41-25-36(37)44/h4-6,8-10,12-23,25,30,40H,1,7,11,24H2,2-3H3. The average Bonchev–Trinajstić information content (AvgIpc) is 3.41. The first-order valence-corrected chi connectivity index (χ1v) is 15.2. The summed E-state index contributed by atoms with van der Waals surface area (Å²) in [6.07, 6.45) is 18.6. The van der Waals surface area contributed by atoms with E-state index in [-0.39, 0.29) is 5.92 Å². The van der Waals surface area contributed by atoms with E-state index in [1.54, 1.807) is 0 Å². The third kappa shape index (κ3) is 4.80. The summed E-state index contributed by atoms with van der Waals surface area (Å²) in [6, 6.07) is 23.5. The summed E-state index contributed by atoms with van der Waals surface area (Å²) in [7, 11) is 1.93. The molecular formula is C39H35N5. The van der Waals surface area contributed by atoms with E-state index in [9.17, 15) is 0 Å². The fourth-order valence-corrected chi connectivity index (χ4v) is 6.61. The van der Waals surface area contributed by atoms with Crippen LogP contribution in [0.2, 0.25) is 0 Å². The summed E-state index contributed by atoms with van der Waals surface area (Å²) < 4.78 is 2.34. The highest BCUT2D eigenvalue weighted by Gasteiger charge is 2.21. The summed E-state index contributed by atoms with van der Waals surface area (Å²) in [5, 5.41) is 4.46. The molecule has 2 aliphatic rings. The molecule has 1 N–H and O–H groups in total. The van der Waals surface area contributed by atoms with Gasteiger partial charge in [-0.3, -0.25) is 15.0 Å². The van der Waals surface area contributed by atoms with Crippen molar-refractivity contribution in [1.29, 1.82) is 0 Å². The van der Waals surface area contributed by atoms with Gasteiger partial charge in [0, 0.05) is 47.7 Å². The smallest absolute Gasteiger partial charge is 0.0942 e. The highest BCUT2D eigenvalue weighted by Crippen LogP contribution is 2.38. The molecule has 0 spiro atoms. The van der Waals surface area contributed by atoms with Gasteiger partial charge in [-0.15, -0.1) is 0 Å². The number of allylic oxidation sites excluding steroid dienone is 2. The number of hydrogen-bond acceptors (Lipinski definition) is 4. The van der Waals surface area contributed by atoms with Crippen molar-refractivity contribution < 1.29 is 0 Å². The van der Waals surface area contributed by atoms with Crippen LogP contribution in [0.5, 0.6) is 0 Å². The van der Waals surface area contributed by atoms with Crippen molar-refractivity contribution in [3.05, 3.63) is 144 Å². The molecule has 5 nitrogen and oxygen atoms in total. The quantitative estimate of drug-likeness (QED) is 0.229. The maximum Gasteiger partial charge on any atom is 0.0942 e. The number of dihydropyridines is 1. The number of nitrogens with zero attached hydrogens (tertiary/aromatic N) is 4. The number of anilines is 1. The number of fused-ring (bicyclic) bond motifs is 4. The molecule has 0 saturated carbocycles. The Morgan fingerprint density at radius 1 is 0.955 bits per heavy atom. The van der Waals surface area contributed by atoms with Crippen LogP contribution >= 0.6 is 0 Å². The first kappa shape index (κ1) is 27.5. The molecule has 0 radical (unpaired) electrons. The van der Waals surface area contributed by atoms with Crippen molar-refractivity contribution in [2.24, 2.45) is 4.99 Å². The highest BCUT2D eigenvalue weighted by atomic mass is 14.9. The summed E-state index contributed by atoms with van der Waals surface area (Å²) in [6.45, 7) is 6.82. The number of aromatic nitrogens is 3. The van der Waals surface area contributed by atoms with Gasteiger partial charge in [0.2, 0.25) is 0 Å². The molecule has 5 heteroatoms. The lowest BCUT2D eigenvalue weighted by atomic mass is 9.91. The van der Waals surface area contributed by atoms with Crippen molar-refractivity contribution in [1.82, 2.24) is 14.4 Å². The minimum absolute atomic E-state index is 0.191. The van der Waals surface area contributed by atoms with Crippen molar-refractivity contribution in [3.63, 3.8) is 0 Å². The van der Waals surface area contributed by atoms with E-state index in [0.717, 1.165) is 51.8 Å². The Kier molecular flexibility index (Phi) is 7.37. The van der Waals surface area contributed by atoms with Crippen molar-refractivity contribution in [3.8, 4) is 11.1 Å². The van der Waals surface area contributed by atoms with E-state index in [1.165, 1.54) is 33.6 Å². The van der Waals surface area contributed by atoms with Crippen molar-refractivity contribution >= 4 is 40.0 Å². The largest absolute Gasteiger partial charge is 0.386 e. The molecule has 0 fully saturated rings. The molecule has 5 aromatic rings. The molecule has 4 heterocycles. The molecule has 1 atom stereocenters. The molecule has 7 rings (SSSR count). The lowest BCUT2D eigenvalue weighted by Gasteiger charge is -2.19. The Balaban J connectivity index is 1.22. The third-order valence-corrected chi connectivity index (χ3v) is 8.73. The topological polar surface area (TPSA) is 54.6 Å². The molecule has 44 heavy (non-hydrogen) atoms. The fourth-order valence-electron chi connectivity index (χ4n) is 6.61. The summed E-state index contributed by atoms with van der Waals surface area (Å²) in [5.74, 6) is 0.191. The second kappa shape index (κ2) is 11.8. The first-order valence-electron chi connectivity index (χ1n) is 15.2. The highest BCUT2D eigenvalue weighted by molar-refractivity contribution is 6.09. The van der Waals surface area contributed by atoms with Gasteiger partial charge in [0.15, 0.2) is 0 Å². The number of aliphatic imine (C=N–C) groups is 1. The minimum Gasteiger partial charge on any atom is -0.386 e. The average molecular weight is 574 g/mol. The SMILES string of the molecule is C=Cc1ccc2c(C3C=CC(c4ccc(-c5c6c(n7c(C)cccccncc57)C=CCC6)cc4)=NC3)ccnc2c1NC. The van der Waals surface area contributed by atoms with Gasteiger partial charge in [-0.1, -0.05) is 73.3 Å². The van der Waals surface area contributed by atoms with E-state index in [0.29, 0.717) is 6.54 Å². The van der Waals surface area contributed by atoms with Gasteiger partial charge in [0.25, 0.3) is 0 Å². The monoisotopic (exact) mass is 573 g/mol. The van der Waals surface area contributed by atoms with E-state index in [2.05, 4.69) is 107 Å². The van der Waals surface area contributed by atoms with Crippen LogP contribution in [0, 0.1) is 6.92 Å². The maximum atomic E-state index is 5.05. The van der Waals surface area contributed by atoms with E-state index in [4.69, 9.17) is 9.98 Å². The Morgan fingerprint density at radius 2 is 1.82 bits per heavy atom. The molecular weight excluding hydrogens is 538 g/mol. The van der Waals surface area contributed by atoms with Crippen LogP contribution in [0.4, 0.5) is 5.69 Å². The van der Waals surface area contributed by atoms with Crippen LogP contribution in [0.3, 0.4) is 0 Å². The molecule has 216 valence electrons. The zero-order valence-corrected chi connectivity index (χ0v) is 25.2. The zero-order valence-electron chi connectivity index (χ0n) is 25.2. The van der Waals surface area contributed by atoms with Gasteiger partial charge < -0.3 is 9.72 Å². The van der Waals surface area contributed by atoms with Crippen LogP contribution in [0.25, 0.3) is 39.7 Å². The van der Waals surface area contributed by atoms with Crippen LogP contribution in [0.1, 0.15) is 46.0 Å². The zero-order chi connectivity index (χ0) is 30.0. The second-order valence-electron chi connectivity index (χ2n) is 11.3. The van der Waals surface area contributed by atoms with E-state index in [1.807, 2.05) is 43.8 Å². The number of aryl methyl sites for hydroxylation is 1. The third-order valence-electron chi connectivity index (χ3n) is 8.73. The maximum absolute atomic E-state index is 5.05. The van der Waals surface area contributed by atoms with E-state index < -0.39 is 0 Å². The molecule has 3 aromatic heterocycles. The summed E-state index contributed by atoms with van der Waals surface area (Å²) in [5.41, 5.74) is 13.8. The van der Waals surface area contributed by atoms with Gasteiger partial charge in [-0.25, -0.2) is 0 Å². The van der Waals surface area contributed by atoms with Crippen LogP contribution in [0.15, 0.2) is 115 Å². The Labute approximate surface area is 258 Å². The van der Waals surface area contributed by atoms with Gasteiger partial charge in [0.1, 0.15) is 0 Å². The lowest BCUT2D eigenvalue weighted by Crippen LogP contribution is -2.11. The summed E-state index contributed by atoms with van der Waals surface area (Å²) in [4.78, 5) is 14.4.